The van der Waals surface area contributed by atoms with Gasteiger partial charge in [-0.2, -0.15) is 5.26 Å². The molecule has 1 aromatic carbocycles. The highest BCUT2D eigenvalue weighted by Gasteiger charge is 2.07. The van der Waals surface area contributed by atoms with Gasteiger partial charge in [0.15, 0.2) is 0 Å². The normalized spacial score (nSPS) is 10.6. The van der Waals surface area contributed by atoms with E-state index >= 15 is 0 Å². The first-order chi connectivity index (χ1) is 10.1. The van der Waals surface area contributed by atoms with Gasteiger partial charge in [-0.05, 0) is 25.0 Å². The number of allylic oxidation sites excluding steroid dienone is 1. The van der Waals surface area contributed by atoms with E-state index in [1.807, 2.05) is 26.0 Å². The number of nitriles is 1. The summed E-state index contributed by atoms with van der Waals surface area (Å²) in [6.45, 7) is 4.20. The third kappa shape index (κ3) is 5.91. The van der Waals surface area contributed by atoms with Gasteiger partial charge in [0.2, 0.25) is 11.8 Å². The summed E-state index contributed by atoms with van der Waals surface area (Å²) in [6.07, 6.45) is 2.20. The molecule has 0 aliphatic carbocycles. The Morgan fingerprint density at radius 1 is 1.33 bits per heavy atom. The molecule has 5 nitrogen and oxygen atoms in total. The molecule has 0 radical (unpaired) electrons. The van der Waals surface area contributed by atoms with Crippen LogP contribution in [0.5, 0.6) is 0 Å². The van der Waals surface area contributed by atoms with Gasteiger partial charge < -0.3 is 10.6 Å². The number of carbonyl (C=O) groups excluding carboxylic acids is 2. The average molecular weight is 285 g/mol. The predicted octanol–water partition coefficient (Wildman–Crippen LogP) is 2.51. The second kappa shape index (κ2) is 8.54. The van der Waals surface area contributed by atoms with Crippen molar-refractivity contribution in [2.45, 2.75) is 33.2 Å². The fourth-order valence-corrected chi connectivity index (χ4v) is 1.62. The summed E-state index contributed by atoms with van der Waals surface area (Å²) in [5.41, 5.74) is 2.40. The van der Waals surface area contributed by atoms with Crippen molar-refractivity contribution in [3.63, 3.8) is 0 Å². The largest absolute Gasteiger partial charge is 0.348 e. The number of nitrogens with one attached hydrogen (secondary N) is 2. The number of benzene rings is 1. The zero-order valence-electron chi connectivity index (χ0n) is 12.3. The molecule has 0 bridgehead atoms. The summed E-state index contributed by atoms with van der Waals surface area (Å²) in [4.78, 5) is 23.2. The van der Waals surface area contributed by atoms with E-state index in [9.17, 15) is 9.59 Å². The highest BCUT2D eigenvalue weighted by molar-refractivity contribution is 5.93. The zero-order valence-corrected chi connectivity index (χ0v) is 12.3. The average Bonchev–Trinajstić information content (AvgIpc) is 2.46. The summed E-state index contributed by atoms with van der Waals surface area (Å²) >= 11 is 0. The van der Waals surface area contributed by atoms with E-state index in [0.29, 0.717) is 12.2 Å². The molecular weight excluding hydrogens is 266 g/mol. The first-order valence-corrected chi connectivity index (χ1v) is 6.76. The minimum atomic E-state index is -0.363. The topological polar surface area (TPSA) is 82.0 Å². The quantitative estimate of drug-likeness (QED) is 0.788. The lowest BCUT2D eigenvalue weighted by atomic mass is 10.1. The lowest BCUT2D eigenvalue weighted by Gasteiger charge is -2.10. The Morgan fingerprint density at radius 2 is 2.05 bits per heavy atom. The number of rotatable bonds is 6. The van der Waals surface area contributed by atoms with Gasteiger partial charge in [0, 0.05) is 18.3 Å². The number of para-hydroxylation sites is 1. The third-order valence-electron chi connectivity index (χ3n) is 2.92. The number of nitrogens with zero attached hydrogens (tertiary/aromatic N) is 1. The number of carbonyl (C=O) groups is 2. The van der Waals surface area contributed by atoms with E-state index in [1.165, 1.54) is 0 Å². The molecule has 5 heteroatoms. The summed E-state index contributed by atoms with van der Waals surface area (Å²) in [5, 5.41) is 13.9. The lowest BCUT2D eigenvalue weighted by Crippen LogP contribution is -2.22. The third-order valence-corrected chi connectivity index (χ3v) is 2.92. The Bertz CT molecular complexity index is 585. The lowest BCUT2D eigenvalue weighted by molar-refractivity contribution is -0.117. The van der Waals surface area contributed by atoms with Crippen LogP contribution in [0, 0.1) is 11.3 Å². The van der Waals surface area contributed by atoms with Crippen molar-refractivity contribution in [2.24, 2.45) is 0 Å². The van der Waals surface area contributed by atoms with Crippen LogP contribution < -0.4 is 10.6 Å². The van der Waals surface area contributed by atoms with Crippen LogP contribution in [0.4, 0.5) is 5.69 Å². The molecule has 2 amide bonds. The highest BCUT2D eigenvalue weighted by Crippen LogP contribution is 2.15. The molecule has 0 atom stereocenters. The standard InChI is InChI=1S/C16H19N3O2/c1-3-12(2)10-16(21)18-11-13-6-4-5-7-14(13)19-15(20)8-9-17/h4-7,10H,3,8,11H2,1-2H3,(H,18,21)(H,19,20)/b12-10+. The van der Waals surface area contributed by atoms with E-state index in [1.54, 1.807) is 24.3 Å². The number of anilines is 1. The predicted molar refractivity (Wildman–Crippen MR) is 81.2 cm³/mol. The smallest absolute Gasteiger partial charge is 0.244 e. The van der Waals surface area contributed by atoms with Crippen LogP contribution in [0.3, 0.4) is 0 Å². The van der Waals surface area contributed by atoms with E-state index < -0.39 is 0 Å². The SMILES string of the molecule is CC/C(C)=C/C(=O)NCc1ccccc1NC(=O)CC#N. The van der Waals surface area contributed by atoms with E-state index in [-0.39, 0.29) is 18.2 Å². The minimum Gasteiger partial charge on any atom is -0.348 e. The molecule has 0 saturated heterocycles. The van der Waals surface area contributed by atoms with Crippen LogP contribution in [0.25, 0.3) is 0 Å². The minimum absolute atomic E-state index is 0.160. The Hall–Kier alpha value is -2.61. The molecule has 1 rings (SSSR count). The summed E-state index contributed by atoms with van der Waals surface area (Å²) in [7, 11) is 0. The second-order valence-corrected chi connectivity index (χ2v) is 4.60. The van der Waals surface area contributed by atoms with Crippen LogP contribution in [-0.4, -0.2) is 11.8 Å². The Balaban J connectivity index is 2.69. The number of hydrogen-bond acceptors (Lipinski definition) is 3. The maximum absolute atomic E-state index is 11.7. The summed E-state index contributed by atoms with van der Waals surface area (Å²) < 4.78 is 0. The molecule has 0 aromatic heterocycles. The molecule has 0 heterocycles. The molecule has 21 heavy (non-hydrogen) atoms. The van der Waals surface area contributed by atoms with E-state index in [0.717, 1.165) is 17.6 Å². The van der Waals surface area contributed by atoms with Crippen LogP contribution in [0.1, 0.15) is 32.3 Å². The fourth-order valence-electron chi connectivity index (χ4n) is 1.62. The molecule has 0 saturated carbocycles. The molecule has 0 aliphatic rings. The molecule has 0 fully saturated rings. The Labute approximate surface area is 124 Å². The van der Waals surface area contributed by atoms with Gasteiger partial charge in [0.1, 0.15) is 6.42 Å². The molecule has 2 N–H and O–H groups in total. The van der Waals surface area contributed by atoms with Crippen LogP contribution in [0.2, 0.25) is 0 Å². The Kier molecular flexibility index (Phi) is 6.69. The van der Waals surface area contributed by atoms with Crippen LogP contribution in [-0.2, 0) is 16.1 Å². The van der Waals surface area contributed by atoms with Crippen molar-refractivity contribution >= 4 is 17.5 Å². The molecule has 0 unspecified atom stereocenters. The van der Waals surface area contributed by atoms with Gasteiger partial charge in [0.25, 0.3) is 0 Å². The summed E-state index contributed by atoms with van der Waals surface area (Å²) in [6, 6.07) is 8.97. The molecular formula is C16H19N3O2. The molecule has 1 aromatic rings. The Morgan fingerprint density at radius 3 is 2.71 bits per heavy atom. The molecule has 0 aliphatic heterocycles. The van der Waals surface area contributed by atoms with Crippen LogP contribution >= 0.6 is 0 Å². The summed E-state index contributed by atoms with van der Waals surface area (Å²) in [5.74, 6) is -0.523. The van der Waals surface area contributed by atoms with Crippen molar-refractivity contribution in [2.75, 3.05) is 5.32 Å². The maximum atomic E-state index is 11.7. The molecule has 110 valence electrons. The van der Waals surface area contributed by atoms with Gasteiger partial charge in [0.05, 0.1) is 6.07 Å². The maximum Gasteiger partial charge on any atom is 0.244 e. The molecule has 0 spiro atoms. The first-order valence-electron chi connectivity index (χ1n) is 6.76. The number of hydrogen-bond donors (Lipinski definition) is 2. The van der Waals surface area contributed by atoms with Crippen molar-refractivity contribution < 1.29 is 9.59 Å². The van der Waals surface area contributed by atoms with Crippen molar-refractivity contribution in [3.8, 4) is 6.07 Å². The first kappa shape index (κ1) is 16.4. The van der Waals surface area contributed by atoms with Gasteiger partial charge >= 0.3 is 0 Å². The van der Waals surface area contributed by atoms with E-state index in [4.69, 9.17) is 5.26 Å². The van der Waals surface area contributed by atoms with Crippen molar-refractivity contribution in [3.05, 3.63) is 41.5 Å². The second-order valence-electron chi connectivity index (χ2n) is 4.60. The van der Waals surface area contributed by atoms with Gasteiger partial charge in [-0.25, -0.2) is 0 Å². The fraction of sp³-hybridized carbons (Fsp3) is 0.312. The van der Waals surface area contributed by atoms with Crippen molar-refractivity contribution in [1.82, 2.24) is 5.32 Å². The number of amides is 2. The van der Waals surface area contributed by atoms with Gasteiger partial charge in [-0.1, -0.05) is 30.7 Å². The van der Waals surface area contributed by atoms with Crippen LogP contribution in [0.15, 0.2) is 35.9 Å². The highest BCUT2D eigenvalue weighted by atomic mass is 16.2. The van der Waals surface area contributed by atoms with Crippen molar-refractivity contribution in [1.29, 1.82) is 5.26 Å². The zero-order chi connectivity index (χ0) is 15.7. The van der Waals surface area contributed by atoms with E-state index in [2.05, 4.69) is 10.6 Å². The monoisotopic (exact) mass is 285 g/mol. The van der Waals surface area contributed by atoms with Gasteiger partial charge in [-0.15, -0.1) is 0 Å². The van der Waals surface area contributed by atoms with Gasteiger partial charge in [-0.3, -0.25) is 9.59 Å².